The Bertz CT molecular complexity index is 168. The third-order valence-corrected chi connectivity index (χ3v) is 1.73. The van der Waals surface area contributed by atoms with Crippen molar-refractivity contribution in [1.29, 1.82) is 0 Å². The molecule has 3 N–H and O–H groups in total. The van der Waals surface area contributed by atoms with E-state index in [-0.39, 0.29) is 24.2 Å². The normalized spacial score (nSPS) is 14.2. The lowest BCUT2D eigenvalue weighted by Crippen LogP contribution is -2.39. The summed E-state index contributed by atoms with van der Waals surface area (Å²) in [5.41, 5.74) is -0.266. The lowest BCUT2D eigenvalue weighted by molar-refractivity contribution is -0.119. The monoisotopic (exact) mass is 189 g/mol. The maximum atomic E-state index is 10.6. The summed E-state index contributed by atoms with van der Waals surface area (Å²) in [6.45, 7) is 5.72. The van der Waals surface area contributed by atoms with Crippen LogP contribution in [0.15, 0.2) is 0 Å². The quantitative estimate of drug-likeness (QED) is 0.510. The predicted octanol–water partition coefficient (Wildman–Crippen LogP) is -0.108. The summed E-state index contributed by atoms with van der Waals surface area (Å²) in [5.74, 6) is -0.0539. The second-order valence-corrected chi connectivity index (χ2v) is 4.13. The Labute approximate surface area is 79.0 Å². The van der Waals surface area contributed by atoms with Gasteiger partial charge in [0.1, 0.15) is 12.0 Å². The van der Waals surface area contributed by atoms with E-state index in [9.17, 15) is 9.90 Å². The van der Waals surface area contributed by atoms with Crippen molar-refractivity contribution in [3.63, 3.8) is 0 Å². The fourth-order valence-electron chi connectivity index (χ4n) is 0.794. The molecule has 0 aliphatic heterocycles. The molecule has 0 aliphatic rings. The van der Waals surface area contributed by atoms with Gasteiger partial charge in [0.05, 0.1) is 0 Å². The Morgan fingerprint density at radius 1 is 1.54 bits per heavy atom. The molecule has 78 valence electrons. The molecule has 0 spiro atoms. The molecule has 0 bridgehead atoms. The van der Waals surface area contributed by atoms with Crippen molar-refractivity contribution in [3.8, 4) is 0 Å². The standard InChI is InChI=1S/C9H19NO3/c1-7(12)4-8(13)10-5-9(2,3)6-11/h8,10-11,13H,4-6H2,1-3H3. The van der Waals surface area contributed by atoms with E-state index >= 15 is 0 Å². The van der Waals surface area contributed by atoms with Crippen LogP contribution in [0.1, 0.15) is 27.2 Å². The van der Waals surface area contributed by atoms with E-state index in [4.69, 9.17) is 5.11 Å². The molecular formula is C9H19NO3. The average molecular weight is 189 g/mol. The summed E-state index contributed by atoms with van der Waals surface area (Å²) < 4.78 is 0. The van der Waals surface area contributed by atoms with Gasteiger partial charge in [0, 0.05) is 25.0 Å². The molecule has 0 radical (unpaired) electrons. The topological polar surface area (TPSA) is 69.6 Å². The molecule has 0 heterocycles. The molecule has 13 heavy (non-hydrogen) atoms. The van der Waals surface area contributed by atoms with Crippen LogP contribution in [0.3, 0.4) is 0 Å². The summed E-state index contributed by atoms with van der Waals surface area (Å²) in [4.78, 5) is 10.6. The number of aliphatic hydroxyl groups is 2. The van der Waals surface area contributed by atoms with Gasteiger partial charge in [-0.15, -0.1) is 0 Å². The summed E-state index contributed by atoms with van der Waals surface area (Å²) in [5, 5.41) is 20.9. The first-order chi connectivity index (χ1) is 5.87. The van der Waals surface area contributed by atoms with Gasteiger partial charge in [0.15, 0.2) is 0 Å². The van der Waals surface area contributed by atoms with Gasteiger partial charge >= 0.3 is 0 Å². The van der Waals surface area contributed by atoms with Crippen LogP contribution in [0.2, 0.25) is 0 Å². The van der Waals surface area contributed by atoms with Gasteiger partial charge in [0.25, 0.3) is 0 Å². The molecule has 0 fully saturated rings. The van der Waals surface area contributed by atoms with Crippen molar-refractivity contribution in [2.45, 2.75) is 33.4 Å². The number of Topliss-reactive ketones (excluding diaryl/α,β-unsaturated/α-hetero) is 1. The smallest absolute Gasteiger partial charge is 0.133 e. The first kappa shape index (κ1) is 12.6. The molecule has 0 aromatic rings. The molecule has 0 saturated heterocycles. The first-order valence-electron chi connectivity index (χ1n) is 4.39. The molecule has 0 aliphatic carbocycles. The minimum absolute atomic E-state index is 0.0484. The molecule has 0 rings (SSSR count). The zero-order valence-electron chi connectivity index (χ0n) is 8.50. The zero-order valence-corrected chi connectivity index (χ0v) is 8.50. The average Bonchev–Trinajstić information content (AvgIpc) is 2.00. The maximum absolute atomic E-state index is 10.6. The van der Waals surface area contributed by atoms with Gasteiger partial charge in [0.2, 0.25) is 0 Å². The molecule has 0 aromatic carbocycles. The van der Waals surface area contributed by atoms with Crippen LogP contribution in [0.4, 0.5) is 0 Å². The number of carbonyl (C=O) groups is 1. The highest BCUT2D eigenvalue weighted by molar-refractivity contribution is 5.75. The van der Waals surface area contributed by atoms with Crippen LogP contribution in [0.25, 0.3) is 0 Å². The van der Waals surface area contributed by atoms with E-state index < -0.39 is 6.23 Å². The second-order valence-electron chi connectivity index (χ2n) is 4.13. The SMILES string of the molecule is CC(=O)CC(O)NCC(C)(C)CO. The molecule has 0 aromatic heterocycles. The Morgan fingerprint density at radius 3 is 2.46 bits per heavy atom. The number of rotatable bonds is 6. The van der Waals surface area contributed by atoms with Gasteiger partial charge in [-0.1, -0.05) is 13.8 Å². The number of hydrogen-bond donors (Lipinski definition) is 3. The van der Waals surface area contributed by atoms with E-state index in [0.29, 0.717) is 6.54 Å². The van der Waals surface area contributed by atoms with Crippen molar-refractivity contribution in [2.24, 2.45) is 5.41 Å². The fraction of sp³-hybridized carbons (Fsp3) is 0.889. The lowest BCUT2D eigenvalue weighted by atomic mass is 9.95. The largest absolute Gasteiger partial charge is 0.396 e. The number of nitrogens with one attached hydrogen (secondary N) is 1. The van der Waals surface area contributed by atoms with Gasteiger partial charge in [-0.3, -0.25) is 10.1 Å². The Balaban J connectivity index is 3.69. The molecule has 4 nitrogen and oxygen atoms in total. The Kier molecular flexibility index (Phi) is 5.13. The summed E-state index contributed by atoms with van der Waals surface area (Å²) >= 11 is 0. The van der Waals surface area contributed by atoms with Gasteiger partial charge < -0.3 is 10.2 Å². The van der Waals surface area contributed by atoms with Crippen LogP contribution in [-0.2, 0) is 4.79 Å². The fourth-order valence-corrected chi connectivity index (χ4v) is 0.794. The first-order valence-corrected chi connectivity index (χ1v) is 4.39. The molecule has 1 unspecified atom stereocenters. The third kappa shape index (κ3) is 6.69. The van der Waals surface area contributed by atoms with Gasteiger partial charge in [-0.2, -0.15) is 0 Å². The number of ketones is 1. The van der Waals surface area contributed by atoms with Crippen LogP contribution in [-0.4, -0.2) is 35.4 Å². The van der Waals surface area contributed by atoms with E-state index in [2.05, 4.69) is 5.32 Å². The minimum Gasteiger partial charge on any atom is -0.396 e. The van der Waals surface area contributed by atoms with E-state index in [0.717, 1.165) is 0 Å². The van der Waals surface area contributed by atoms with Crippen molar-refractivity contribution in [1.82, 2.24) is 5.32 Å². The van der Waals surface area contributed by atoms with Crippen molar-refractivity contribution in [3.05, 3.63) is 0 Å². The molecule has 1 atom stereocenters. The van der Waals surface area contributed by atoms with Crippen LogP contribution < -0.4 is 5.32 Å². The minimum atomic E-state index is -0.802. The molecule has 4 heteroatoms. The summed E-state index contributed by atoms with van der Waals surface area (Å²) in [7, 11) is 0. The number of carbonyl (C=O) groups excluding carboxylic acids is 1. The number of hydrogen-bond acceptors (Lipinski definition) is 4. The molecular weight excluding hydrogens is 170 g/mol. The molecule has 0 saturated carbocycles. The lowest BCUT2D eigenvalue weighted by Gasteiger charge is -2.23. The number of aliphatic hydroxyl groups excluding tert-OH is 2. The van der Waals surface area contributed by atoms with Gasteiger partial charge in [-0.25, -0.2) is 0 Å². The second kappa shape index (κ2) is 5.32. The maximum Gasteiger partial charge on any atom is 0.133 e. The van der Waals surface area contributed by atoms with Crippen molar-refractivity contribution >= 4 is 5.78 Å². The summed E-state index contributed by atoms with van der Waals surface area (Å²) in [6.07, 6.45) is -0.690. The van der Waals surface area contributed by atoms with Crippen molar-refractivity contribution in [2.75, 3.05) is 13.2 Å². The third-order valence-electron chi connectivity index (χ3n) is 1.73. The summed E-state index contributed by atoms with van der Waals surface area (Å²) in [6, 6.07) is 0. The van der Waals surface area contributed by atoms with Gasteiger partial charge in [-0.05, 0) is 6.92 Å². The van der Waals surface area contributed by atoms with Crippen molar-refractivity contribution < 1.29 is 15.0 Å². The highest BCUT2D eigenvalue weighted by Gasteiger charge is 2.17. The van der Waals surface area contributed by atoms with E-state index in [1.165, 1.54) is 6.92 Å². The van der Waals surface area contributed by atoms with Crippen LogP contribution in [0.5, 0.6) is 0 Å². The molecule has 0 amide bonds. The van der Waals surface area contributed by atoms with E-state index in [1.807, 2.05) is 13.8 Å². The van der Waals surface area contributed by atoms with E-state index in [1.54, 1.807) is 0 Å². The highest BCUT2D eigenvalue weighted by atomic mass is 16.3. The Hall–Kier alpha value is -0.450. The van der Waals surface area contributed by atoms with Crippen LogP contribution in [0, 0.1) is 5.41 Å². The predicted molar refractivity (Wildman–Crippen MR) is 50.2 cm³/mol. The highest BCUT2D eigenvalue weighted by Crippen LogP contribution is 2.11. The Morgan fingerprint density at radius 2 is 2.08 bits per heavy atom. The van der Waals surface area contributed by atoms with Crippen LogP contribution >= 0.6 is 0 Å². The zero-order chi connectivity index (χ0) is 10.5.